The van der Waals surface area contributed by atoms with Crippen molar-refractivity contribution in [1.82, 2.24) is 9.88 Å². The van der Waals surface area contributed by atoms with Crippen molar-refractivity contribution in [1.29, 1.82) is 0 Å². The lowest BCUT2D eigenvalue weighted by molar-refractivity contribution is -0.133. The molecular weight excluding hydrogens is 300 g/mol. The molecule has 0 spiro atoms. The molecule has 0 aliphatic heterocycles. The van der Waals surface area contributed by atoms with Gasteiger partial charge < -0.3 is 14.4 Å². The zero-order valence-electron chi connectivity index (χ0n) is 13.4. The van der Waals surface area contributed by atoms with Gasteiger partial charge in [0.15, 0.2) is 10.8 Å². The molecule has 0 aromatic carbocycles. The van der Waals surface area contributed by atoms with E-state index in [1.54, 1.807) is 18.7 Å². The number of aryl methyl sites for hydroxylation is 1. The number of aromatic nitrogens is 1. The predicted octanol–water partition coefficient (Wildman–Crippen LogP) is 2.87. The summed E-state index contributed by atoms with van der Waals surface area (Å²) in [6.07, 6.45) is 0.236. The molecule has 0 bridgehead atoms. The third-order valence-electron chi connectivity index (χ3n) is 3.15. The summed E-state index contributed by atoms with van der Waals surface area (Å²) < 4.78 is 5.54. The number of amides is 1. The van der Waals surface area contributed by atoms with Crippen molar-refractivity contribution >= 4 is 17.2 Å². The van der Waals surface area contributed by atoms with Crippen LogP contribution in [0.5, 0.6) is 0 Å². The first-order valence-electron chi connectivity index (χ1n) is 7.30. The van der Waals surface area contributed by atoms with Crippen LogP contribution in [0.3, 0.4) is 0 Å². The number of rotatable bonds is 6. The van der Waals surface area contributed by atoms with Crippen molar-refractivity contribution in [2.24, 2.45) is 0 Å². The minimum absolute atomic E-state index is 0.0305. The maximum Gasteiger partial charge on any atom is 0.228 e. The number of hydrogen-bond acceptors (Lipinski definition) is 5. The largest absolute Gasteiger partial charge is 0.459 e. The predicted molar refractivity (Wildman–Crippen MR) is 86.8 cm³/mol. The van der Waals surface area contributed by atoms with Crippen molar-refractivity contribution in [3.05, 3.63) is 29.0 Å². The van der Waals surface area contributed by atoms with E-state index >= 15 is 0 Å². The molecule has 1 N–H and O–H groups in total. The van der Waals surface area contributed by atoms with Crippen LogP contribution in [-0.2, 0) is 11.2 Å². The van der Waals surface area contributed by atoms with Gasteiger partial charge in [0.1, 0.15) is 5.76 Å². The SMILES string of the molecule is CCN(CC(C)(C)O)C(=O)Cc1csc(-c2ccc(C)o2)n1. The number of aliphatic hydroxyl groups is 1. The molecule has 0 aliphatic carbocycles. The molecular formula is C16H22N2O3S. The Balaban J connectivity index is 2.04. The fourth-order valence-electron chi connectivity index (χ4n) is 2.16. The number of likely N-dealkylation sites (N-methyl/N-ethyl adjacent to an activating group) is 1. The Morgan fingerprint density at radius 3 is 2.73 bits per heavy atom. The summed E-state index contributed by atoms with van der Waals surface area (Å²) >= 11 is 1.47. The van der Waals surface area contributed by atoms with Gasteiger partial charge in [0, 0.05) is 18.5 Å². The fraction of sp³-hybridized carbons (Fsp3) is 0.500. The molecule has 1 amide bonds. The molecule has 2 heterocycles. The molecule has 0 unspecified atom stereocenters. The Morgan fingerprint density at radius 1 is 1.45 bits per heavy atom. The maximum atomic E-state index is 12.3. The van der Waals surface area contributed by atoms with Gasteiger partial charge in [-0.1, -0.05) is 0 Å². The lowest BCUT2D eigenvalue weighted by Crippen LogP contribution is -2.42. The highest BCUT2D eigenvalue weighted by Gasteiger charge is 2.22. The fourth-order valence-corrected chi connectivity index (χ4v) is 2.94. The zero-order chi connectivity index (χ0) is 16.3. The second-order valence-electron chi connectivity index (χ2n) is 5.95. The van der Waals surface area contributed by atoms with E-state index < -0.39 is 5.60 Å². The average molecular weight is 322 g/mol. The first-order chi connectivity index (χ1) is 10.3. The highest BCUT2D eigenvalue weighted by atomic mass is 32.1. The summed E-state index contributed by atoms with van der Waals surface area (Å²) in [4.78, 5) is 18.4. The Labute approximate surface area is 134 Å². The number of thiazole rings is 1. The van der Waals surface area contributed by atoms with E-state index in [1.807, 2.05) is 31.4 Å². The monoisotopic (exact) mass is 322 g/mol. The molecule has 0 aliphatic rings. The Hall–Kier alpha value is -1.66. The van der Waals surface area contributed by atoms with Gasteiger partial charge in [-0.15, -0.1) is 11.3 Å². The van der Waals surface area contributed by atoms with E-state index in [0.717, 1.165) is 22.2 Å². The zero-order valence-corrected chi connectivity index (χ0v) is 14.2. The van der Waals surface area contributed by atoms with Crippen LogP contribution in [0.4, 0.5) is 0 Å². The van der Waals surface area contributed by atoms with E-state index in [4.69, 9.17) is 4.42 Å². The van der Waals surface area contributed by atoms with Crippen molar-refractivity contribution in [2.75, 3.05) is 13.1 Å². The quantitative estimate of drug-likeness (QED) is 0.888. The van der Waals surface area contributed by atoms with E-state index in [1.165, 1.54) is 11.3 Å². The van der Waals surface area contributed by atoms with Crippen LogP contribution in [0.25, 0.3) is 10.8 Å². The second kappa shape index (κ2) is 6.62. The van der Waals surface area contributed by atoms with Gasteiger partial charge in [0.25, 0.3) is 0 Å². The Bertz CT molecular complexity index is 640. The molecule has 120 valence electrons. The van der Waals surface area contributed by atoms with Gasteiger partial charge in [0.2, 0.25) is 5.91 Å². The smallest absolute Gasteiger partial charge is 0.228 e. The van der Waals surface area contributed by atoms with E-state index in [2.05, 4.69) is 4.98 Å². The van der Waals surface area contributed by atoms with Crippen LogP contribution in [0, 0.1) is 6.92 Å². The Kier molecular flexibility index (Phi) is 5.03. The maximum absolute atomic E-state index is 12.3. The van der Waals surface area contributed by atoms with Crippen molar-refractivity contribution in [3.63, 3.8) is 0 Å². The molecule has 5 nitrogen and oxygen atoms in total. The minimum atomic E-state index is -0.898. The van der Waals surface area contributed by atoms with E-state index in [0.29, 0.717) is 13.1 Å². The van der Waals surface area contributed by atoms with Gasteiger partial charge >= 0.3 is 0 Å². The average Bonchev–Trinajstić information content (AvgIpc) is 3.03. The molecule has 2 rings (SSSR count). The highest BCUT2D eigenvalue weighted by molar-refractivity contribution is 7.13. The number of hydrogen-bond donors (Lipinski definition) is 1. The molecule has 0 atom stereocenters. The molecule has 0 radical (unpaired) electrons. The van der Waals surface area contributed by atoms with Gasteiger partial charge in [-0.2, -0.15) is 0 Å². The van der Waals surface area contributed by atoms with E-state index in [9.17, 15) is 9.90 Å². The lowest BCUT2D eigenvalue weighted by Gasteiger charge is -2.28. The molecule has 22 heavy (non-hydrogen) atoms. The standard InChI is InChI=1S/C16H22N2O3S/c1-5-18(10-16(3,4)20)14(19)8-12-9-22-15(17-12)13-7-6-11(2)21-13/h6-7,9,20H,5,8,10H2,1-4H3. The van der Waals surface area contributed by atoms with Crippen LogP contribution < -0.4 is 0 Å². The Morgan fingerprint density at radius 2 is 2.18 bits per heavy atom. The van der Waals surface area contributed by atoms with Gasteiger partial charge in [0.05, 0.1) is 17.7 Å². The molecule has 0 saturated carbocycles. The molecule has 2 aromatic heterocycles. The first-order valence-corrected chi connectivity index (χ1v) is 8.18. The summed E-state index contributed by atoms with van der Waals surface area (Å²) in [5.41, 5.74) is -0.168. The molecule has 2 aromatic rings. The van der Waals surface area contributed by atoms with Gasteiger partial charge in [-0.05, 0) is 39.8 Å². The van der Waals surface area contributed by atoms with Crippen molar-refractivity contribution in [2.45, 2.75) is 39.7 Å². The van der Waals surface area contributed by atoms with E-state index in [-0.39, 0.29) is 12.3 Å². The normalized spacial score (nSPS) is 11.7. The van der Waals surface area contributed by atoms with Crippen LogP contribution in [-0.4, -0.2) is 39.6 Å². The van der Waals surface area contributed by atoms with Crippen LogP contribution >= 0.6 is 11.3 Å². The second-order valence-corrected chi connectivity index (χ2v) is 6.81. The van der Waals surface area contributed by atoms with Crippen LogP contribution in [0.15, 0.2) is 21.9 Å². The summed E-state index contributed by atoms with van der Waals surface area (Å²) in [7, 11) is 0. The number of carbonyl (C=O) groups is 1. The summed E-state index contributed by atoms with van der Waals surface area (Å²) in [5, 5.41) is 12.5. The lowest BCUT2D eigenvalue weighted by atomic mass is 10.1. The molecule has 0 saturated heterocycles. The molecule has 0 fully saturated rings. The highest BCUT2D eigenvalue weighted by Crippen LogP contribution is 2.25. The van der Waals surface area contributed by atoms with Crippen molar-refractivity contribution < 1.29 is 14.3 Å². The number of nitrogens with zero attached hydrogens (tertiary/aromatic N) is 2. The summed E-state index contributed by atoms with van der Waals surface area (Å²) in [6, 6.07) is 3.77. The number of furan rings is 1. The van der Waals surface area contributed by atoms with Crippen LogP contribution in [0.1, 0.15) is 32.2 Å². The van der Waals surface area contributed by atoms with Gasteiger partial charge in [-0.3, -0.25) is 4.79 Å². The third kappa shape index (κ3) is 4.42. The summed E-state index contributed by atoms with van der Waals surface area (Å²) in [6.45, 7) is 8.07. The summed E-state index contributed by atoms with van der Waals surface area (Å²) in [5.74, 6) is 1.53. The number of carbonyl (C=O) groups excluding carboxylic acids is 1. The third-order valence-corrected chi connectivity index (χ3v) is 4.05. The van der Waals surface area contributed by atoms with Crippen molar-refractivity contribution in [3.8, 4) is 10.8 Å². The topological polar surface area (TPSA) is 66.6 Å². The van der Waals surface area contributed by atoms with Gasteiger partial charge in [-0.25, -0.2) is 4.98 Å². The van der Waals surface area contributed by atoms with Crippen LogP contribution in [0.2, 0.25) is 0 Å². The first kappa shape index (κ1) is 16.7. The molecule has 6 heteroatoms. The minimum Gasteiger partial charge on any atom is -0.459 e.